The summed E-state index contributed by atoms with van der Waals surface area (Å²) in [5, 5.41) is 17.3. The fourth-order valence-corrected chi connectivity index (χ4v) is 10.2. The van der Waals surface area contributed by atoms with Gasteiger partial charge in [0.05, 0.1) is 0 Å². The quantitative estimate of drug-likeness (QED) is 0.129. The van der Waals surface area contributed by atoms with Crippen molar-refractivity contribution < 1.29 is 4.74 Å². The van der Waals surface area contributed by atoms with Crippen molar-refractivity contribution in [3.05, 3.63) is 206 Å². The summed E-state index contributed by atoms with van der Waals surface area (Å²) in [7, 11) is 0. The first-order valence-corrected chi connectivity index (χ1v) is 20.4. The highest BCUT2D eigenvalue weighted by Crippen LogP contribution is 2.53. The van der Waals surface area contributed by atoms with Gasteiger partial charge in [-0.1, -0.05) is 170 Å². The Bertz CT molecular complexity index is 3700. The molecule has 1 heteroatoms. The Labute approximate surface area is 341 Å². The molecule has 12 aromatic rings. The van der Waals surface area contributed by atoms with Crippen LogP contribution in [-0.2, 0) is 0 Å². The number of benzene rings is 12. The van der Waals surface area contributed by atoms with E-state index in [1.165, 1.54) is 103 Å². The summed E-state index contributed by atoms with van der Waals surface area (Å²) in [4.78, 5) is 0. The van der Waals surface area contributed by atoms with Crippen LogP contribution in [0.1, 0.15) is 0 Å². The zero-order valence-electron chi connectivity index (χ0n) is 32.0. The fourth-order valence-electron chi connectivity index (χ4n) is 10.2. The largest absolute Gasteiger partial charge is 0.456 e. The molecule has 1 nitrogen and oxygen atoms in total. The standard InChI is InChI=1S/C58H34O/c1-2-15-37-31-38(28-27-35(37)13-1)50-33-52-49-25-12-26-54-58(49)53(34-51(52)42-19-6-5-18-41(42)50)43-30-29-39(32-55(43)59-54)56-45-20-7-9-22-47(45)57(48-23-10-8-21-46(48)56)44-24-11-16-36-14-3-4-17-40(36)44/h1-34H. The van der Waals surface area contributed by atoms with Crippen molar-refractivity contribution in [3.8, 4) is 56.0 Å². The topological polar surface area (TPSA) is 9.23 Å². The summed E-state index contributed by atoms with van der Waals surface area (Å²) >= 11 is 0. The first-order valence-electron chi connectivity index (χ1n) is 20.4. The van der Waals surface area contributed by atoms with Gasteiger partial charge < -0.3 is 4.74 Å². The van der Waals surface area contributed by atoms with Gasteiger partial charge in [-0.25, -0.2) is 0 Å². The molecule has 12 aromatic carbocycles. The van der Waals surface area contributed by atoms with Gasteiger partial charge in [0.15, 0.2) is 0 Å². The second-order valence-corrected chi connectivity index (χ2v) is 15.9. The molecule has 0 radical (unpaired) electrons. The van der Waals surface area contributed by atoms with Crippen LogP contribution in [0.2, 0.25) is 0 Å². The highest BCUT2D eigenvalue weighted by Gasteiger charge is 2.25. The minimum absolute atomic E-state index is 0.880. The van der Waals surface area contributed by atoms with Crippen LogP contribution in [-0.4, -0.2) is 0 Å². The second kappa shape index (κ2) is 12.4. The van der Waals surface area contributed by atoms with Crippen LogP contribution in [0.5, 0.6) is 11.5 Å². The molecule has 0 atom stereocenters. The van der Waals surface area contributed by atoms with Gasteiger partial charge in [-0.15, -0.1) is 0 Å². The molecule has 0 saturated carbocycles. The molecule has 1 heterocycles. The maximum absolute atomic E-state index is 6.98. The average molecular weight is 747 g/mol. The van der Waals surface area contributed by atoms with Crippen molar-refractivity contribution in [2.45, 2.75) is 0 Å². The average Bonchev–Trinajstić information content (AvgIpc) is 3.30. The summed E-state index contributed by atoms with van der Waals surface area (Å²) in [6.07, 6.45) is 0. The van der Waals surface area contributed by atoms with E-state index >= 15 is 0 Å². The van der Waals surface area contributed by atoms with E-state index < -0.39 is 0 Å². The molecular formula is C58H34O. The van der Waals surface area contributed by atoms with Crippen molar-refractivity contribution in [2.24, 2.45) is 0 Å². The summed E-state index contributed by atoms with van der Waals surface area (Å²) in [5.41, 5.74) is 9.68. The normalized spacial score (nSPS) is 12.2. The second-order valence-electron chi connectivity index (χ2n) is 15.9. The zero-order valence-corrected chi connectivity index (χ0v) is 32.0. The smallest absolute Gasteiger partial charge is 0.135 e. The first-order chi connectivity index (χ1) is 29.3. The van der Waals surface area contributed by atoms with Crippen LogP contribution < -0.4 is 4.74 Å². The van der Waals surface area contributed by atoms with E-state index in [-0.39, 0.29) is 0 Å². The Balaban J connectivity index is 1.03. The van der Waals surface area contributed by atoms with Crippen molar-refractivity contribution >= 4 is 75.4 Å². The van der Waals surface area contributed by atoms with E-state index in [1.807, 2.05) is 0 Å². The third-order valence-electron chi connectivity index (χ3n) is 12.8. The summed E-state index contributed by atoms with van der Waals surface area (Å²) < 4.78 is 6.98. The van der Waals surface area contributed by atoms with Crippen molar-refractivity contribution in [1.29, 1.82) is 0 Å². The lowest BCUT2D eigenvalue weighted by atomic mass is 9.83. The molecule has 0 aliphatic carbocycles. The molecule has 1 aliphatic heterocycles. The lowest BCUT2D eigenvalue weighted by Crippen LogP contribution is -1.99. The Morgan fingerprint density at radius 1 is 0.237 bits per heavy atom. The van der Waals surface area contributed by atoms with Gasteiger partial charge in [-0.2, -0.15) is 0 Å². The number of hydrogen-bond donors (Lipinski definition) is 0. The molecule has 0 unspecified atom stereocenters. The maximum atomic E-state index is 6.98. The van der Waals surface area contributed by atoms with E-state index in [4.69, 9.17) is 4.74 Å². The van der Waals surface area contributed by atoms with Crippen molar-refractivity contribution in [2.75, 3.05) is 0 Å². The molecule has 272 valence electrons. The van der Waals surface area contributed by atoms with Crippen LogP contribution in [0.4, 0.5) is 0 Å². The molecule has 0 N–H and O–H groups in total. The highest BCUT2D eigenvalue weighted by atomic mass is 16.5. The van der Waals surface area contributed by atoms with Gasteiger partial charge in [0, 0.05) is 10.9 Å². The Hall–Kier alpha value is -7.74. The van der Waals surface area contributed by atoms with Crippen LogP contribution >= 0.6 is 0 Å². The van der Waals surface area contributed by atoms with Crippen LogP contribution in [0.25, 0.3) is 120 Å². The third kappa shape index (κ3) is 4.73. The third-order valence-corrected chi connectivity index (χ3v) is 12.8. The number of rotatable bonds is 3. The number of ether oxygens (including phenoxy) is 1. The molecule has 0 spiro atoms. The molecule has 0 saturated heterocycles. The molecule has 0 fully saturated rings. The minimum atomic E-state index is 0.880. The molecule has 0 aromatic heterocycles. The van der Waals surface area contributed by atoms with Gasteiger partial charge in [-0.05, 0) is 145 Å². The van der Waals surface area contributed by atoms with Crippen LogP contribution in [0.3, 0.4) is 0 Å². The van der Waals surface area contributed by atoms with Gasteiger partial charge in [0.1, 0.15) is 11.5 Å². The summed E-state index contributed by atoms with van der Waals surface area (Å²) in [5.74, 6) is 1.77. The molecular weight excluding hydrogens is 713 g/mol. The van der Waals surface area contributed by atoms with Crippen molar-refractivity contribution in [3.63, 3.8) is 0 Å². The molecule has 13 rings (SSSR count). The van der Waals surface area contributed by atoms with Crippen molar-refractivity contribution in [1.82, 2.24) is 0 Å². The predicted molar refractivity (Wildman–Crippen MR) is 251 cm³/mol. The molecule has 0 bridgehead atoms. The lowest BCUT2D eigenvalue weighted by molar-refractivity contribution is 0.487. The fraction of sp³-hybridized carbons (Fsp3) is 0. The monoisotopic (exact) mass is 746 g/mol. The van der Waals surface area contributed by atoms with Gasteiger partial charge >= 0.3 is 0 Å². The van der Waals surface area contributed by atoms with Gasteiger partial charge in [0.2, 0.25) is 0 Å². The predicted octanol–water partition coefficient (Wildman–Crippen LogP) is 16.5. The number of hydrogen-bond acceptors (Lipinski definition) is 1. The summed E-state index contributed by atoms with van der Waals surface area (Å²) in [6.45, 7) is 0. The summed E-state index contributed by atoms with van der Waals surface area (Å²) in [6, 6.07) is 75.7. The Kier molecular flexibility index (Phi) is 6.79. The number of fused-ring (bicyclic) bond motifs is 10. The van der Waals surface area contributed by atoms with Gasteiger partial charge in [-0.3, -0.25) is 0 Å². The highest BCUT2D eigenvalue weighted by molar-refractivity contribution is 6.26. The van der Waals surface area contributed by atoms with E-state index in [0.717, 1.165) is 28.0 Å². The van der Waals surface area contributed by atoms with Gasteiger partial charge in [0.25, 0.3) is 0 Å². The van der Waals surface area contributed by atoms with E-state index in [1.54, 1.807) is 0 Å². The molecule has 0 amide bonds. The first kappa shape index (κ1) is 32.4. The Morgan fingerprint density at radius 3 is 1.58 bits per heavy atom. The molecule has 59 heavy (non-hydrogen) atoms. The van der Waals surface area contributed by atoms with E-state index in [2.05, 4.69) is 206 Å². The maximum Gasteiger partial charge on any atom is 0.135 e. The SMILES string of the molecule is c1ccc2cc(-c3cc4c5cccc6c5c(cc4c4ccccc34)-c3ccc(-c4c5ccccc5c(-c5cccc7ccccc57)c5ccccc45)cc3O6)ccc2c1. The molecule has 1 aliphatic rings. The lowest BCUT2D eigenvalue weighted by Gasteiger charge is -2.24. The van der Waals surface area contributed by atoms with Crippen LogP contribution in [0.15, 0.2) is 206 Å². The van der Waals surface area contributed by atoms with E-state index in [0.29, 0.717) is 0 Å². The minimum Gasteiger partial charge on any atom is -0.456 e. The van der Waals surface area contributed by atoms with Crippen LogP contribution in [0, 0.1) is 0 Å². The van der Waals surface area contributed by atoms with E-state index in [9.17, 15) is 0 Å². The Morgan fingerprint density at radius 2 is 0.797 bits per heavy atom. The zero-order chi connectivity index (χ0) is 38.6.